The first kappa shape index (κ1) is 17.8. The van der Waals surface area contributed by atoms with E-state index in [0.29, 0.717) is 18.5 Å². The van der Waals surface area contributed by atoms with Crippen molar-refractivity contribution < 1.29 is 22.3 Å². The Bertz CT molecular complexity index is 478. The summed E-state index contributed by atoms with van der Waals surface area (Å²) in [4.78, 5) is 0. The van der Waals surface area contributed by atoms with Gasteiger partial charge in [0.15, 0.2) is 11.6 Å². The third-order valence-electron chi connectivity index (χ3n) is 3.05. The fraction of sp³-hybridized carbons (Fsp3) is 0.600. The van der Waals surface area contributed by atoms with Crippen LogP contribution < -0.4 is 10.5 Å². The zero-order valence-corrected chi connectivity index (χ0v) is 12.5. The summed E-state index contributed by atoms with van der Waals surface area (Å²) >= 11 is 0. The summed E-state index contributed by atoms with van der Waals surface area (Å²) in [6.07, 6.45) is -2.88. The van der Waals surface area contributed by atoms with Crippen molar-refractivity contribution in [3.8, 4) is 5.75 Å². The maximum atomic E-state index is 14.2. The summed E-state index contributed by atoms with van der Waals surface area (Å²) in [5, 5.41) is 0. The summed E-state index contributed by atoms with van der Waals surface area (Å²) in [6, 6.07) is 2.73. The number of aryl methyl sites for hydroxylation is 1. The molecule has 0 spiro atoms. The number of unbranched alkanes of at least 4 members (excludes halogenated alkanes) is 1. The van der Waals surface area contributed by atoms with Crippen molar-refractivity contribution in [3.63, 3.8) is 0 Å². The Balaban J connectivity index is 3.19. The van der Waals surface area contributed by atoms with Gasteiger partial charge in [0.2, 0.25) is 0 Å². The Hall–Kier alpha value is -1.30. The highest BCUT2D eigenvalue weighted by molar-refractivity contribution is 5.40. The van der Waals surface area contributed by atoms with Crippen LogP contribution >= 0.6 is 0 Å². The Kier molecular flexibility index (Phi) is 5.61. The second kappa shape index (κ2) is 6.64. The molecule has 2 N–H and O–H groups in total. The molecule has 0 aliphatic carbocycles. The zero-order chi connectivity index (χ0) is 16.3. The molecule has 0 saturated heterocycles. The summed E-state index contributed by atoms with van der Waals surface area (Å²) < 4.78 is 55.2. The van der Waals surface area contributed by atoms with Gasteiger partial charge in [-0.2, -0.15) is 0 Å². The quantitative estimate of drug-likeness (QED) is 0.650. The number of hydrogen-bond donors (Lipinski definition) is 1. The minimum absolute atomic E-state index is 0.215. The zero-order valence-electron chi connectivity index (χ0n) is 12.5. The van der Waals surface area contributed by atoms with E-state index in [0.717, 1.165) is 18.9 Å². The lowest BCUT2D eigenvalue weighted by Crippen LogP contribution is -2.21. The van der Waals surface area contributed by atoms with E-state index < -0.39 is 23.3 Å². The number of halogens is 4. The number of benzene rings is 1. The average Bonchev–Trinajstić information content (AvgIpc) is 2.30. The molecule has 1 rings (SSSR count). The van der Waals surface area contributed by atoms with E-state index in [2.05, 4.69) is 4.74 Å². The molecule has 0 atom stereocenters. The van der Waals surface area contributed by atoms with Crippen LogP contribution in [0, 0.1) is 5.82 Å². The Morgan fingerprint density at radius 1 is 1.10 bits per heavy atom. The van der Waals surface area contributed by atoms with Crippen LogP contribution in [-0.4, -0.2) is 12.9 Å². The van der Waals surface area contributed by atoms with Crippen LogP contribution in [0.3, 0.4) is 0 Å². The van der Waals surface area contributed by atoms with Gasteiger partial charge < -0.3 is 10.5 Å². The molecule has 6 heteroatoms. The van der Waals surface area contributed by atoms with Crippen LogP contribution in [0.2, 0.25) is 0 Å². The van der Waals surface area contributed by atoms with Gasteiger partial charge in [-0.05, 0) is 48.4 Å². The van der Waals surface area contributed by atoms with Crippen LogP contribution in [0.1, 0.15) is 44.7 Å². The summed E-state index contributed by atoms with van der Waals surface area (Å²) in [7, 11) is 0. The number of alkyl halides is 3. The van der Waals surface area contributed by atoms with E-state index in [1.807, 2.05) is 0 Å². The van der Waals surface area contributed by atoms with Crippen LogP contribution in [-0.2, 0) is 11.8 Å². The monoisotopic (exact) mass is 307 g/mol. The van der Waals surface area contributed by atoms with Gasteiger partial charge in [0.25, 0.3) is 0 Å². The standard InChI is InChI=1S/C15H21F4NO/c1-14(2,3)11-8-10(6-4-5-7-20)9-12(13(11)16)21-15(17,18)19/h8-9H,4-7,20H2,1-3H3. The molecule has 1 aromatic rings. The molecule has 0 heterocycles. The highest BCUT2D eigenvalue weighted by atomic mass is 19.4. The number of ether oxygens (including phenoxy) is 1. The average molecular weight is 307 g/mol. The molecule has 0 aliphatic heterocycles. The minimum atomic E-state index is -4.91. The molecule has 0 aliphatic rings. The van der Waals surface area contributed by atoms with Crippen molar-refractivity contribution in [3.05, 3.63) is 29.1 Å². The number of hydrogen-bond acceptors (Lipinski definition) is 2. The van der Waals surface area contributed by atoms with Crippen molar-refractivity contribution in [1.29, 1.82) is 0 Å². The Labute approximate surface area is 122 Å². The minimum Gasteiger partial charge on any atom is -0.403 e. The molecule has 0 bridgehead atoms. The lowest BCUT2D eigenvalue weighted by atomic mass is 9.85. The molecular weight excluding hydrogens is 286 g/mol. The second-order valence-electron chi connectivity index (χ2n) is 6.00. The first-order chi connectivity index (χ1) is 9.54. The van der Waals surface area contributed by atoms with Gasteiger partial charge in [0.1, 0.15) is 0 Å². The Morgan fingerprint density at radius 3 is 2.19 bits per heavy atom. The van der Waals surface area contributed by atoms with Gasteiger partial charge in [-0.15, -0.1) is 13.2 Å². The second-order valence-corrected chi connectivity index (χ2v) is 6.00. The molecule has 0 radical (unpaired) electrons. The van der Waals surface area contributed by atoms with E-state index in [1.54, 1.807) is 26.8 Å². The number of nitrogens with two attached hydrogens (primary N) is 1. The van der Waals surface area contributed by atoms with Gasteiger partial charge in [-0.25, -0.2) is 4.39 Å². The van der Waals surface area contributed by atoms with Crippen molar-refractivity contribution in [1.82, 2.24) is 0 Å². The molecule has 2 nitrogen and oxygen atoms in total. The van der Waals surface area contributed by atoms with Crippen molar-refractivity contribution in [2.75, 3.05) is 6.54 Å². The van der Waals surface area contributed by atoms with E-state index in [-0.39, 0.29) is 5.56 Å². The molecular formula is C15H21F4NO. The molecule has 0 aromatic heterocycles. The van der Waals surface area contributed by atoms with Gasteiger partial charge >= 0.3 is 6.36 Å². The molecule has 1 aromatic carbocycles. The Morgan fingerprint density at radius 2 is 1.71 bits per heavy atom. The van der Waals surface area contributed by atoms with Crippen LogP contribution in [0.4, 0.5) is 17.6 Å². The fourth-order valence-electron chi connectivity index (χ4n) is 2.02. The maximum absolute atomic E-state index is 14.2. The third-order valence-corrected chi connectivity index (χ3v) is 3.05. The van der Waals surface area contributed by atoms with Crippen molar-refractivity contribution in [2.24, 2.45) is 5.73 Å². The van der Waals surface area contributed by atoms with Crippen LogP contribution in [0.5, 0.6) is 5.75 Å². The third kappa shape index (κ3) is 5.53. The van der Waals surface area contributed by atoms with Crippen LogP contribution in [0.25, 0.3) is 0 Å². The first-order valence-corrected chi connectivity index (χ1v) is 6.83. The SMILES string of the molecule is CC(C)(C)c1cc(CCCCN)cc(OC(F)(F)F)c1F. The summed E-state index contributed by atoms with van der Waals surface area (Å²) in [6.45, 7) is 5.74. The van der Waals surface area contributed by atoms with Crippen LogP contribution in [0.15, 0.2) is 12.1 Å². The molecule has 120 valence electrons. The largest absolute Gasteiger partial charge is 0.573 e. The smallest absolute Gasteiger partial charge is 0.403 e. The lowest BCUT2D eigenvalue weighted by Gasteiger charge is -2.23. The van der Waals surface area contributed by atoms with Gasteiger partial charge in [0.05, 0.1) is 0 Å². The molecule has 0 unspecified atom stereocenters. The first-order valence-electron chi connectivity index (χ1n) is 6.83. The van der Waals surface area contributed by atoms with Gasteiger partial charge in [-0.1, -0.05) is 26.8 Å². The maximum Gasteiger partial charge on any atom is 0.573 e. The topological polar surface area (TPSA) is 35.2 Å². The summed E-state index contributed by atoms with van der Waals surface area (Å²) in [5.74, 6) is -1.72. The summed E-state index contributed by atoms with van der Waals surface area (Å²) in [5.41, 5.74) is 5.62. The highest BCUT2D eigenvalue weighted by Crippen LogP contribution is 2.34. The molecule has 0 fully saturated rings. The normalized spacial score (nSPS) is 12.6. The highest BCUT2D eigenvalue weighted by Gasteiger charge is 2.34. The van der Waals surface area contributed by atoms with Crippen molar-refractivity contribution in [2.45, 2.75) is 51.8 Å². The molecule has 0 amide bonds. The predicted octanol–water partition coefficient (Wildman–Crippen LogP) is 4.30. The molecule has 0 saturated carbocycles. The van der Waals surface area contributed by atoms with Crippen molar-refractivity contribution >= 4 is 0 Å². The fourth-order valence-corrected chi connectivity index (χ4v) is 2.02. The van der Waals surface area contributed by atoms with Gasteiger partial charge in [-0.3, -0.25) is 0 Å². The molecule has 21 heavy (non-hydrogen) atoms. The van der Waals surface area contributed by atoms with E-state index >= 15 is 0 Å². The number of rotatable bonds is 5. The van der Waals surface area contributed by atoms with Gasteiger partial charge in [0, 0.05) is 0 Å². The lowest BCUT2D eigenvalue weighted by molar-refractivity contribution is -0.275. The van der Waals surface area contributed by atoms with E-state index in [9.17, 15) is 17.6 Å². The van der Waals surface area contributed by atoms with E-state index in [1.165, 1.54) is 0 Å². The van der Waals surface area contributed by atoms with E-state index in [4.69, 9.17) is 5.73 Å². The predicted molar refractivity (Wildman–Crippen MR) is 73.8 cm³/mol.